The second kappa shape index (κ2) is 13.7. The molecular weight excluding hydrogens is 631 g/mol. The molecule has 8 aliphatic carbocycles. The minimum atomic E-state index is 0.0389. The summed E-state index contributed by atoms with van der Waals surface area (Å²) in [4.78, 5) is 2.90. The van der Waals surface area contributed by atoms with Crippen molar-refractivity contribution in [1.29, 1.82) is 5.26 Å². The Morgan fingerprint density at radius 2 is 1.56 bits per heavy atom. The van der Waals surface area contributed by atoms with E-state index in [0.717, 1.165) is 38.5 Å². The third-order valence-electron chi connectivity index (χ3n) is 14.5. The van der Waals surface area contributed by atoms with Crippen LogP contribution in [-0.4, -0.2) is 21.6 Å². The van der Waals surface area contributed by atoms with E-state index in [1.54, 1.807) is 22.4 Å². The SMILES string of the molecule is N#CC1C=CC(C2CCCCC2C2C=CCCC2C2=CC(n3c4c(c5c3CCC=C5)CCC=C4)=CC(N3C4=C(CCC=C4)C4CCC=CC43)C2)=CC1. The highest BCUT2D eigenvalue weighted by atomic mass is 15.2. The number of allylic oxidation sites excluding steroid dienone is 13. The zero-order valence-corrected chi connectivity index (χ0v) is 30.9. The predicted molar refractivity (Wildman–Crippen MR) is 215 cm³/mol. The normalized spacial score (nSPS) is 34.6. The Bertz CT molecular complexity index is 1970. The van der Waals surface area contributed by atoms with Crippen LogP contribution in [0.4, 0.5) is 0 Å². The highest BCUT2D eigenvalue weighted by Crippen LogP contribution is 2.52. The average molecular weight is 686 g/mol. The first kappa shape index (κ1) is 32.6. The Labute approximate surface area is 311 Å². The Morgan fingerprint density at radius 1 is 0.731 bits per heavy atom. The Hall–Kier alpha value is -4.03. The van der Waals surface area contributed by atoms with Crippen molar-refractivity contribution in [2.24, 2.45) is 35.5 Å². The van der Waals surface area contributed by atoms with Crippen LogP contribution in [0.1, 0.15) is 112 Å². The molecule has 1 aromatic heterocycles. The highest BCUT2D eigenvalue weighted by molar-refractivity contribution is 5.76. The van der Waals surface area contributed by atoms with E-state index in [-0.39, 0.29) is 5.92 Å². The third-order valence-corrected chi connectivity index (χ3v) is 14.5. The molecule has 3 heteroatoms. The minimum Gasteiger partial charge on any atom is -0.358 e. The maximum Gasteiger partial charge on any atom is 0.0700 e. The van der Waals surface area contributed by atoms with E-state index in [0.29, 0.717) is 41.7 Å². The van der Waals surface area contributed by atoms with Gasteiger partial charge in [-0.2, -0.15) is 5.26 Å². The van der Waals surface area contributed by atoms with Crippen LogP contribution in [0.15, 0.2) is 101 Å². The van der Waals surface area contributed by atoms with Gasteiger partial charge in [-0.05, 0) is 160 Å². The van der Waals surface area contributed by atoms with Crippen LogP contribution in [0.3, 0.4) is 0 Å². The van der Waals surface area contributed by atoms with Crippen molar-refractivity contribution >= 4 is 17.8 Å². The molecule has 8 atom stereocenters. The molecule has 52 heavy (non-hydrogen) atoms. The van der Waals surface area contributed by atoms with Gasteiger partial charge in [0.15, 0.2) is 0 Å². The Kier molecular flexibility index (Phi) is 8.62. The summed E-state index contributed by atoms with van der Waals surface area (Å²) in [5.41, 5.74) is 14.0. The molecule has 0 saturated heterocycles. The molecule has 3 nitrogen and oxygen atoms in total. The van der Waals surface area contributed by atoms with E-state index in [1.807, 2.05) is 0 Å². The molecule has 0 N–H and O–H groups in total. The molecule has 0 bridgehead atoms. The van der Waals surface area contributed by atoms with Gasteiger partial charge in [-0.1, -0.05) is 85.3 Å². The van der Waals surface area contributed by atoms with Crippen LogP contribution in [0.2, 0.25) is 0 Å². The lowest BCUT2D eigenvalue weighted by molar-refractivity contribution is 0.166. The fourth-order valence-electron chi connectivity index (χ4n) is 12.2. The van der Waals surface area contributed by atoms with Gasteiger partial charge in [-0.15, -0.1) is 0 Å². The minimum absolute atomic E-state index is 0.0389. The number of hydrogen-bond acceptors (Lipinski definition) is 2. The Morgan fingerprint density at radius 3 is 2.46 bits per heavy atom. The van der Waals surface area contributed by atoms with Crippen LogP contribution in [-0.2, 0) is 12.8 Å². The summed E-state index contributed by atoms with van der Waals surface area (Å²) in [6, 6.07) is 3.31. The van der Waals surface area contributed by atoms with Gasteiger partial charge in [0, 0.05) is 28.7 Å². The summed E-state index contributed by atoms with van der Waals surface area (Å²) >= 11 is 0. The van der Waals surface area contributed by atoms with Crippen LogP contribution in [0.5, 0.6) is 0 Å². The molecule has 0 aromatic carbocycles. The second-order valence-corrected chi connectivity index (χ2v) is 17.2. The molecule has 9 aliphatic rings. The summed E-state index contributed by atoms with van der Waals surface area (Å²) in [7, 11) is 0. The first-order valence-electron chi connectivity index (χ1n) is 21.1. The molecule has 0 spiro atoms. The zero-order chi connectivity index (χ0) is 34.6. The fraction of sp³-hybridized carbons (Fsp3) is 0.490. The van der Waals surface area contributed by atoms with Gasteiger partial charge in [-0.3, -0.25) is 0 Å². The molecule has 10 rings (SSSR count). The molecule has 0 amide bonds. The smallest absolute Gasteiger partial charge is 0.0700 e. The fourth-order valence-corrected chi connectivity index (χ4v) is 12.2. The van der Waals surface area contributed by atoms with Crippen LogP contribution >= 0.6 is 0 Å². The molecule has 8 unspecified atom stereocenters. The predicted octanol–water partition coefficient (Wildman–Crippen LogP) is 11.6. The molecular formula is C49H55N3. The number of rotatable bonds is 5. The number of aromatic nitrogens is 1. The zero-order valence-electron chi connectivity index (χ0n) is 30.9. The molecule has 0 radical (unpaired) electrons. The van der Waals surface area contributed by atoms with E-state index >= 15 is 0 Å². The molecule has 1 aromatic rings. The van der Waals surface area contributed by atoms with Gasteiger partial charge >= 0.3 is 0 Å². The summed E-state index contributed by atoms with van der Waals surface area (Å²) in [6.07, 6.45) is 56.5. The van der Waals surface area contributed by atoms with Crippen molar-refractivity contribution in [3.63, 3.8) is 0 Å². The topological polar surface area (TPSA) is 32.0 Å². The maximum atomic E-state index is 9.60. The van der Waals surface area contributed by atoms with Gasteiger partial charge in [-0.25, -0.2) is 0 Å². The molecule has 2 heterocycles. The maximum absolute atomic E-state index is 9.60. The summed E-state index contributed by atoms with van der Waals surface area (Å²) in [5.74, 6) is 3.09. The third kappa shape index (κ3) is 5.50. The summed E-state index contributed by atoms with van der Waals surface area (Å²) < 4.78 is 2.73. The lowest BCUT2D eigenvalue weighted by atomic mass is 9.61. The van der Waals surface area contributed by atoms with Crippen LogP contribution in [0.25, 0.3) is 17.8 Å². The van der Waals surface area contributed by atoms with E-state index in [4.69, 9.17) is 0 Å². The highest BCUT2D eigenvalue weighted by Gasteiger charge is 2.45. The van der Waals surface area contributed by atoms with E-state index in [1.165, 1.54) is 92.4 Å². The van der Waals surface area contributed by atoms with Gasteiger partial charge in [0.2, 0.25) is 0 Å². The van der Waals surface area contributed by atoms with Crippen molar-refractivity contribution in [2.75, 3.05) is 0 Å². The van der Waals surface area contributed by atoms with E-state index in [2.05, 4.69) is 107 Å². The van der Waals surface area contributed by atoms with Gasteiger partial charge in [0.05, 0.1) is 24.1 Å². The van der Waals surface area contributed by atoms with Crippen molar-refractivity contribution in [1.82, 2.24) is 9.47 Å². The van der Waals surface area contributed by atoms with Crippen molar-refractivity contribution in [3.05, 3.63) is 124 Å². The summed E-state index contributed by atoms with van der Waals surface area (Å²) in [5, 5.41) is 9.60. The van der Waals surface area contributed by atoms with Gasteiger partial charge < -0.3 is 9.47 Å². The Balaban J connectivity index is 1.08. The van der Waals surface area contributed by atoms with Crippen molar-refractivity contribution in [3.8, 4) is 6.07 Å². The van der Waals surface area contributed by atoms with Gasteiger partial charge in [0.25, 0.3) is 0 Å². The van der Waals surface area contributed by atoms with Crippen LogP contribution in [0, 0.1) is 46.8 Å². The molecule has 1 aliphatic heterocycles. The summed E-state index contributed by atoms with van der Waals surface area (Å²) in [6.45, 7) is 0. The molecule has 266 valence electrons. The largest absolute Gasteiger partial charge is 0.358 e. The van der Waals surface area contributed by atoms with E-state index < -0.39 is 0 Å². The number of fused-ring (bicyclic) bond motifs is 5. The number of nitrogens with zero attached hydrogens (tertiary/aromatic N) is 3. The first-order chi connectivity index (χ1) is 25.8. The lowest BCUT2D eigenvalue weighted by Gasteiger charge is -2.45. The monoisotopic (exact) mass is 685 g/mol. The van der Waals surface area contributed by atoms with Gasteiger partial charge in [0.1, 0.15) is 0 Å². The number of hydrogen-bond donors (Lipinski definition) is 0. The lowest BCUT2D eigenvalue weighted by Crippen LogP contribution is -2.42. The number of nitriles is 1. The average Bonchev–Trinajstić information content (AvgIpc) is 3.74. The van der Waals surface area contributed by atoms with Crippen molar-refractivity contribution < 1.29 is 0 Å². The molecule has 1 fully saturated rings. The second-order valence-electron chi connectivity index (χ2n) is 17.2. The van der Waals surface area contributed by atoms with Crippen LogP contribution < -0.4 is 0 Å². The standard InChI is InChI=1S/C49H55N3/c50-32-33-25-27-34(28-26-33)38-13-1-3-15-40(38)41-16-4-2-14-39(41)35-29-36(51-46-21-9-5-17-42(46)43-18-6-10-22-47(43)51)31-37(30-35)52-48-23-11-7-19-44(48)45-20-8-12-24-49(45)52/h4-5,10-12,16-17,22-25,27-29,31,33,37-41,44,48H,1-3,6-9,13-15,18-21,26,30H2. The van der Waals surface area contributed by atoms with E-state index in [9.17, 15) is 5.26 Å². The molecule has 1 saturated carbocycles. The quantitative estimate of drug-likeness (QED) is 0.289. The first-order valence-corrected chi connectivity index (χ1v) is 21.1. The van der Waals surface area contributed by atoms with Crippen molar-refractivity contribution in [2.45, 2.75) is 115 Å².